The van der Waals surface area contributed by atoms with E-state index in [1.54, 1.807) is 0 Å². The van der Waals surface area contributed by atoms with E-state index in [0.717, 1.165) is 31.4 Å². The van der Waals surface area contributed by atoms with Crippen molar-refractivity contribution in [3.8, 4) is 0 Å². The number of carbonyl (C=O) groups excluding carboxylic acids is 1. The Kier molecular flexibility index (Phi) is 5.50. The zero-order chi connectivity index (χ0) is 14.4. The molecule has 0 spiro atoms. The van der Waals surface area contributed by atoms with Gasteiger partial charge in [0.15, 0.2) is 0 Å². The van der Waals surface area contributed by atoms with Gasteiger partial charge in [0.1, 0.15) is 6.29 Å². The highest BCUT2D eigenvalue weighted by molar-refractivity contribution is 7.10. The lowest BCUT2D eigenvalue weighted by molar-refractivity contribution is -0.111. The summed E-state index contributed by atoms with van der Waals surface area (Å²) in [6.07, 6.45) is 12.1. The average Bonchev–Trinajstić information content (AvgIpc) is 2.93. The van der Waals surface area contributed by atoms with Gasteiger partial charge in [-0.15, -0.1) is 11.3 Å². The van der Waals surface area contributed by atoms with Gasteiger partial charge in [0, 0.05) is 18.0 Å². The number of rotatable bonds is 5. The second kappa shape index (κ2) is 7.36. The Morgan fingerprint density at radius 2 is 2.25 bits per heavy atom. The van der Waals surface area contributed by atoms with Crippen molar-refractivity contribution in [2.24, 2.45) is 0 Å². The molecule has 1 atom stereocenters. The highest BCUT2D eigenvalue weighted by Crippen LogP contribution is 2.26. The zero-order valence-corrected chi connectivity index (χ0v) is 12.9. The Morgan fingerprint density at radius 1 is 1.40 bits per heavy atom. The van der Waals surface area contributed by atoms with Gasteiger partial charge in [-0.05, 0) is 42.9 Å². The van der Waals surface area contributed by atoms with Gasteiger partial charge in [-0.1, -0.05) is 30.4 Å². The Bertz CT molecular complexity index is 539. The first-order valence-electron chi connectivity index (χ1n) is 7.00. The summed E-state index contributed by atoms with van der Waals surface area (Å²) in [5, 5.41) is 2.15. The van der Waals surface area contributed by atoms with E-state index in [-0.39, 0.29) is 6.04 Å². The van der Waals surface area contributed by atoms with Crippen molar-refractivity contribution in [1.29, 1.82) is 0 Å². The normalized spacial score (nSPS) is 18.6. The first kappa shape index (κ1) is 14.9. The van der Waals surface area contributed by atoms with Gasteiger partial charge in [-0.3, -0.25) is 4.90 Å². The van der Waals surface area contributed by atoms with Crippen LogP contribution in [0.2, 0.25) is 0 Å². The molecule has 3 heteroatoms. The molecule has 0 bridgehead atoms. The summed E-state index contributed by atoms with van der Waals surface area (Å²) in [5.74, 6) is 0. The fourth-order valence-electron chi connectivity index (χ4n) is 2.54. The second-order valence-electron chi connectivity index (χ2n) is 4.86. The molecular formula is C17H21NOS. The minimum Gasteiger partial charge on any atom is -0.301 e. The van der Waals surface area contributed by atoms with Crippen LogP contribution in [-0.4, -0.2) is 23.8 Å². The fraction of sp³-hybridized carbons (Fsp3) is 0.353. The molecule has 0 fully saturated rings. The van der Waals surface area contributed by atoms with Crippen molar-refractivity contribution in [3.05, 3.63) is 57.8 Å². The summed E-state index contributed by atoms with van der Waals surface area (Å²) in [6, 6.07) is 2.02. The van der Waals surface area contributed by atoms with Gasteiger partial charge in [0.2, 0.25) is 0 Å². The molecule has 2 nitrogen and oxygen atoms in total. The van der Waals surface area contributed by atoms with Gasteiger partial charge in [-0.2, -0.15) is 0 Å². The third-order valence-electron chi connectivity index (χ3n) is 3.54. The predicted molar refractivity (Wildman–Crippen MR) is 86.0 cm³/mol. The number of allylic oxidation sites excluding steroid dienone is 4. The van der Waals surface area contributed by atoms with Gasteiger partial charge in [0.25, 0.3) is 0 Å². The van der Waals surface area contributed by atoms with E-state index in [1.165, 1.54) is 10.4 Å². The van der Waals surface area contributed by atoms with Crippen LogP contribution in [0, 0.1) is 0 Å². The molecular weight excluding hydrogens is 266 g/mol. The summed E-state index contributed by atoms with van der Waals surface area (Å²) in [6.45, 7) is 5.78. The standard InChI is InChI=1S/C17H21NOS/c1-3-5-7-14(6-4-2)16(13-19)18-10-8-17-15(12-18)9-11-20-17/h3-7,9,11,13,16H,8,10,12H2,1-2H3/b5-3-,6-4-,14-7+/t16-/m0/s1. The lowest BCUT2D eigenvalue weighted by Gasteiger charge is -2.32. The third-order valence-corrected chi connectivity index (χ3v) is 4.56. The van der Waals surface area contributed by atoms with Crippen LogP contribution in [-0.2, 0) is 17.8 Å². The molecule has 0 aliphatic carbocycles. The molecule has 1 aromatic rings. The number of hydrogen-bond donors (Lipinski definition) is 0. The van der Waals surface area contributed by atoms with Crippen LogP contribution in [0.3, 0.4) is 0 Å². The third kappa shape index (κ3) is 3.35. The van der Waals surface area contributed by atoms with Crippen LogP contribution in [0.25, 0.3) is 0 Å². The molecule has 0 aromatic carbocycles. The molecule has 0 radical (unpaired) electrons. The lowest BCUT2D eigenvalue weighted by atomic mass is 10.0. The van der Waals surface area contributed by atoms with Crippen molar-refractivity contribution in [3.63, 3.8) is 0 Å². The molecule has 20 heavy (non-hydrogen) atoms. The Hall–Kier alpha value is -1.45. The highest BCUT2D eigenvalue weighted by Gasteiger charge is 2.25. The van der Waals surface area contributed by atoms with E-state index < -0.39 is 0 Å². The molecule has 106 valence electrons. The minimum atomic E-state index is -0.157. The quantitative estimate of drug-likeness (QED) is 0.607. The topological polar surface area (TPSA) is 20.3 Å². The number of aldehydes is 1. The predicted octanol–water partition coefficient (Wildman–Crippen LogP) is 3.75. The van der Waals surface area contributed by atoms with Crippen LogP contribution < -0.4 is 0 Å². The number of carbonyl (C=O) groups is 1. The zero-order valence-electron chi connectivity index (χ0n) is 12.1. The molecule has 2 heterocycles. The van der Waals surface area contributed by atoms with Gasteiger partial charge >= 0.3 is 0 Å². The number of fused-ring (bicyclic) bond motifs is 1. The van der Waals surface area contributed by atoms with Crippen molar-refractivity contribution in [1.82, 2.24) is 4.90 Å². The van der Waals surface area contributed by atoms with Crippen molar-refractivity contribution < 1.29 is 4.79 Å². The van der Waals surface area contributed by atoms with Gasteiger partial charge in [0.05, 0.1) is 6.04 Å². The molecule has 0 saturated carbocycles. The summed E-state index contributed by atoms with van der Waals surface area (Å²) in [4.78, 5) is 15.3. The van der Waals surface area contributed by atoms with Crippen molar-refractivity contribution >= 4 is 17.6 Å². The molecule has 1 aliphatic heterocycles. The smallest absolute Gasteiger partial charge is 0.141 e. The molecule has 0 unspecified atom stereocenters. The lowest BCUT2D eigenvalue weighted by Crippen LogP contribution is -2.40. The van der Waals surface area contributed by atoms with Crippen molar-refractivity contribution in [2.75, 3.05) is 6.54 Å². The number of nitrogens with zero attached hydrogens (tertiary/aromatic N) is 1. The Balaban J connectivity index is 2.21. The highest BCUT2D eigenvalue weighted by atomic mass is 32.1. The maximum absolute atomic E-state index is 11.6. The SMILES string of the molecule is C\C=C/C=C(\C=C/C)[C@H](C=O)N1CCc2sccc2C1. The van der Waals surface area contributed by atoms with Crippen LogP contribution in [0.4, 0.5) is 0 Å². The van der Waals surface area contributed by atoms with Crippen LogP contribution in [0.1, 0.15) is 24.3 Å². The van der Waals surface area contributed by atoms with Gasteiger partial charge < -0.3 is 4.79 Å². The second-order valence-corrected chi connectivity index (χ2v) is 5.86. The monoisotopic (exact) mass is 287 g/mol. The van der Waals surface area contributed by atoms with Crippen molar-refractivity contribution in [2.45, 2.75) is 32.9 Å². The van der Waals surface area contributed by atoms with E-state index in [2.05, 4.69) is 16.3 Å². The summed E-state index contributed by atoms with van der Waals surface area (Å²) in [5.41, 5.74) is 2.43. The molecule has 1 aliphatic rings. The molecule has 0 N–H and O–H groups in total. The largest absolute Gasteiger partial charge is 0.301 e. The van der Waals surface area contributed by atoms with Crippen LogP contribution in [0.5, 0.6) is 0 Å². The van der Waals surface area contributed by atoms with E-state index in [0.29, 0.717) is 0 Å². The maximum Gasteiger partial charge on any atom is 0.141 e. The number of hydrogen-bond acceptors (Lipinski definition) is 3. The first-order valence-corrected chi connectivity index (χ1v) is 7.88. The maximum atomic E-state index is 11.6. The molecule has 0 saturated heterocycles. The minimum absolute atomic E-state index is 0.157. The molecule has 0 amide bonds. The first-order chi connectivity index (χ1) is 9.80. The van der Waals surface area contributed by atoms with E-state index in [9.17, 15) is 4.79 Å². The van der Waals surface area contributed by atoms with Gasteiger partial charge in [-0.25, -0.2) is 0 Å². The average molecular weight is 287 g/mol. The summed E-state index contributed by atoms with van der Waals surface area (Å²) >= 11 is 1.82. The summed E-state index contributed by atoms with van der Waals surface area (Å²) in [7, 11) is 0. The van der Waals surface area contributed by atoms with Crippen LogP contribution >= 0.6 is 11.3 Å². The molecule has 1 aromatic heterocycles. The Labute approximate surface area is 125 Å². The number of thiophene rings is 1. The van der Waals surface area contributed by atoms with E-state index in [4.69, 9.17) is 0 Å². The molecule has 2 rings (SSSR count). The van der Waals surface area contributed by atoms with Crippen LogP contribution in [0.15, 0.2) is 47.4 Å². The summed E-state index contributed by atoms with van der Waals surface area (Å²) < 4.78 is 0. The van der Waals surface area contributed by atoms with E-state index >= 15 is 0 Å². The Morgan fingerprint density at radius 3 is 2.95 bits per heavy atom. The van der Waals surface area contributed by atoms with E-state index in [1.807, 2.05) is 55.6 Å². The fourth-order valence-corrected chi connectivity index (χ4v) is 3.43.